The highest BCUT2D eigenvalue weighted by atomic mass is 19.2. The predicted molar refractivity (Wildman–Crippen MR) is 64.7 cm³/mol. The summed E-state index contributed by atoms with van der Waals surface area (Å²) in [5, 5.41) is 9.23. The molecule has 0 aromatic heterocycles. The van der Waals surface area contributed by atoms with Gasteiger partial charge < -0.3 is 0 Å². The van der Waals surface area contributed by atoms with E-state index in [9.17, 15) is 18.4 Å². The van der Waals surface area contributed by atoms with Gasteiger partial charge >= 0.3 is 0 Å². The van der Waals surface area contributed by atoms with Gasteiger partial charge in [0.05, 0.1) is 6.07 Å². The minimum Gasteiger partial charge on any atom is -0.284 e. The monoisotopic (exact) mass is 268 g/mol. The second-order valence-electron chi connectivity index (χ2n) is 4.77. The number of likely N-dealkylation sites (tertiary alicyclic amines) is 1. The van der Waals surface area contributed by atoms with Gasteiger partial charge in [0.15, 0.2) is 11.6 Å². The van der Waals surface area contributed by atoms with Crippen LogP contribution in [0.2, 0.25) is 0 Å². The van der Waals surface area contributed by atoms with Gasteiger partial charge in [0.25, 0.3) is 0 Å². The van der Waals surface area contributed by atoms with Crippen molar-refractivity contribution in [3.63, 3.8) is 0 Å². The molecular weight excluding hydrogens is 253 g/mol. The maximum Gasteiger partial charge on any atom is 0.161 e. The maximum atomic E-state index is 13.7. The third kappa shape index (κ3) is 3.07. The molecule has 2 rings (SSSR count). The molecule has 1 unspecified atom stereocenters. The fraction of sp³-hybridized carbons (Fsp3) is 0.500. The van der Waals surface area contributed by atoms with Gasteiger partial charge in [0.2, 0.25) is 0 Å². The van der Waals surface area contributed by atoms with E-state index in [2.05, 4.69) is 0 Å². The lowest BCUT2D eigenvalue weighted by Gasteiger charge is -2.25. The highest BCUT2D eigenvalue weighted by Gasteiger charge is 2.25. The number of hydrogen-bond acceptors (Lipinski definition) is 2. The second kappa shape index (κ2) is 6.07. The molecule has 19 heavy (non-hydrogen) atoms. The summed E-state index contributed by atoms with van der Waals surface area (Å²) in [5.74, 6) is -3.21. The fourth-order valence-electron chi connectivity index (χ4n) is 2.45. The summed E-state index contributed by atoms with van der Waals surface area (Å²) in [6.45, 7) is 1.35. The van der Waals surface area contributed by atoms with Crippen molar-refractivity contribution < 1.29 is 13.2 Å². The van der Waals surface area contributed by atoms with E-state index >= 15 is 0 Å². The van der Waals surface area contributed by atoms with E-state index in [1.165, 1.54) is 0 Å². The van der Waals surface area contributed by atoms with Gasteiger partial charge in [-0.2, -0.15) is 5.26 Å². The Hall–Kier alpha value is -1.54. The summed E-state index contributed by atoms with van der Waals surface area (Å²) in [6.07, 6.45) is 4.02. The van der Waals surface area contributed by atoms with Crippen LogP contribution in [0.4, 0.5) is 13.2 Å². The molecule has 0 spiro atoms. The van der Waals surface area contributed by atoms with Gasteiger partial charge in [-0.15, -0.1) is 0 Å². The maximum absolute atomic E-state index is 13.7. The zero-order valence-corrected chi connectivity index (χ0v) is 10.5. The minimum atomic E-state index is -1.23. The van der Waals surface area contributed by atoms with Crippen molar-refractivity contribution in [3.05, 3.63) is 35.1 Å². The van der Waals surface area contributed by atoms with Gasteiger partial charge in [-0.05, 0) is 32.0 Å². The van der Waals surface area contributed by atoms with Crippen molar-refractivity contribution in [2.24, 2.45) is 0 Å². The first-order valence-corrected chi connectivity index (χ1v) is 6.41. The van der Waals surface area contributed by atoms with Crippen molar-refractivity contribution in [2.45, 2.75) is 31.7 Å². The average molecular weight is 268 g/mol. The van der Waals surface area contributed by atoms with Crippen LogP contribution in [0.3, 0.4) is 0 Å². The van der Waals surface area contributed by atoms with E-state index in [0.717, 1.165) is 31.7 Å². The summed E-state index contributed by atoms with van der Waals surface area (Å²) < 4.78 is 39.9. The molecule has 102 valence electrons. The van der Waals surface area contributed by atoms with Crippen LogP contribution in [-0.4, -0.2) is 18.0 Å². The number of nitrogens with zero attached hydrogens (tertiary/aromatic N) is 2. The van der Waals surface area contributed by atoms with Gasteiger partial charge in [0.1, 0.15) is 11.9 Å². The van der Waals surface area contributed by atoms with Crippen LogP contribution < -0.4 is 0 Å². The van der Waals surface area contributed by atoms with Crippen molar-refractivity contribution >= 4 is 0 Å². The summed E-state index contributed by atoms with van der Waals surface area (Å²) in [4.78, 5) is 1.84. The molecule has 0 N–H and O–H groups in total. The Morgan fingerprint density at radius 2 is 1.53 bits per heavy atom. The lowest BCUT2D eigenvalue weighted by molar-refractivity contribution is 0.240. The third-order valence-corrected chi connectivity index (χ3v) is 3.46. The van der Waals surface area contributed by atoms with Crippen LogP contribution in [0.15, 0.2) is 12.1 Å². The van der Waals surface area contributed by atoms with E-state index in [1.54, 1.807) is 0 Å². The molecular formula is C14H15F3N2. The quantitative estimate of drug-likeness (QED) is 0.767. The molecule has 0 radical (unpaired) electrons. The Bertz CT molecular complexity index is 488. The molecule has 1 aliphatic heterocycles. The fourth-order valence-corrected chi connectivity index (χ4v) is 2.45. The second-order valence-corrected chi connectivity index (χ2v) is 4.77. The zero-order chi connectivity index (χ0) is 13.8. The van der Waals surface area contributed by atoms with Crippen LogP contribution >= 0.6 is 0 Å². The molecule has 1 aliphatic rings. The van der Waals surface area contributed by atoms with Crippen molar-refractivity contribution in [2.75, 3.05) is 13.1 Å². The van der Waals surface area contributed by atoms with Crippen molar-refractivity contribution in [1.82, 2.24) is 4.90 Å². The number of rotatable bonds is 2. The van der Waals surface area contributed by atoms with Gasteiger partial charge in [-0.25, -0.2) is 13.2 Å². The molecule has 0 bridgehead atoms. The highest BCUT2D eigenvalue weighted by Crippen LogP contribution is 2.27. The summed E-state index contributed by atoms with van der Waals surface area (Å²) >= 11 is 0. The normalized spacial score (nSPS) is 18.6. The topological polar surface area (TPSA) is 27.0 Å². The standard InChI is InChI=1S/C14H15F3N2/c15-11-8-13(17)12(16)7-10(11)14(9-18)19-5-3-1-2-4-6-19/h7-8,14H,1-6H2. The molecule has 1 aromatic rings. The summed E-state index contributed by atoms with van der Waals surface area (Å²) in [5.41, 5.74) is -0.0803. The lowest BCUT2D eigenvalue weighted by atomic mass is 10.0. The molecule has 1 fully saturated rings. The minimum absolute atomic E-state index is 0.0803. The Kier molecular flexibility index (Phi) is 4.43. The van der Waals surface area contributed by atoms with Crippen LogP contribution in [0, 0.1) is 28.8 Å². The van der Waals surface area contributed by atoms with E-state index in [4.69, 9.17) is 0 Å². The van der Waals surface area contributed by atoms with Gasteiger partial charge in [-0.1, -0.05) is 12.8 Å². The largest absolute Gasteiger partial charge is 0.284 e. The molecule has 1 atom stereocenters. The van der Waals surface area contributed by atoms with Crippen LogP contribution in [0.25, 0.3) is 0 Å². The SMILES string of the molecule is N#CC(c1cc(F)c(F)cc1F)N1CCCCCC1. The molecule has 1 heterocycles. The van der Waals surface area contributed by atoms with E-state index < -0.39 is 23.5 Å². The molecule has 5 heteroatoms. The Morgan fingerprint density at radius 3 is 2.11 bits per heavy atom. The average Bonchev–Trinajstić information content (AvgIpc) is 2.65. The van der Waals surface area contributed by atoms with Gasteiger partial charge in [-0.3, -0.25) is 4.90 Å². The Balaban J connectivity index is 2.31. The highest BCUT2D eigenvalue weighted by molar-refractivity contribution is 5.27. The molecule has 0 saturated carbocycles. The van der Waals surface area contributed by atoms with Crippen molar-refractivity contribution in [1.29, 1.82) is 5.26 Å². The number of hydrogen-bond donors (Lipinski definition) is 0. The van der Waals surface area contributed by atoms with Gasteiger partial charge in [0, 0.05) is 11.6 Å². The van der Waals surface area contributed by atoms with E-state index in [1.807, 2.05) is 11.0 Å². The first-order valence-electron chi connectivity index (χ1n) is 6.41. The summed E-state index contributed by atoms with van der Waals surface area (Å²) in [7, 11) is 0. The molecule has 1 aromatic carbocycles. The number of benzene rings is 1. The zero-order valence-electron chi connectivity index (χ0n) is 10.5. The van der Waals surface area contributed by atoms with Crippen molar-refractivity contribution in [3.8, 4) is 6.07 Å². The predicted octanol–water partition coefficient (Wildman–Crippen LogP) is 3.54. The van der Waals surface area contributed by atoms with Crippen LogP contribution in [0.5, 0.6) is 0 Å². The Morgan fingerprint density at radius 1 is 0.947 bits per heavy atom. The number of halogens is 3. The lowest BCUT2D eigenvalue weighted by Crippen LogP contribution is -2.29. The van der Waals surface area contributed by atoms with E-state index in [-0.39, 0.29) is 5.56 Å². The van der Waals surface area contributed by atoms with Crippen LogP contribution in [-0.2, 0) is 0 Å². The summed E-state index contributed by atoms with van der Waals surface area (Å²) in [6, 6.07) is 2.45. The first-order chi connectivity index (χ1) is 9.13. The Labute approximate surface area is 110 Å². The first kappa shape index (κ1) is 13.9. The van der Waals surface area contributed by atoms with E-state index in [0.29, 0.717) is 19.2 Å². The molecule has 0 amide bonds. The smallest absolute Gasteiger partial charge is 0.161 e. The number of nitriles is 1. The van der Waals surface area contributed by atoms with Crippen LogP contribution in [0.1, 0.15) is 37.3 Å². The third-order valence-electron chi connectivity index (χ3n) is 3.46. The molecule has 0 aliphatic carbocycles. The molecule has 1 saturated heterocycles. The molecule has 2 nitrogen and oxygen atoms in total.